The average molecular weight is 293 g/mol. The third kappa shape index (κ3) is 1.77. The van der Waals surface area contributed by atoms with Crippen molar-refractivity contribution in [1.82, 2.24) is 4.98 Å². The van der Waals surface area contributed by atoms with Gasteiger partial charge in [0.05, 0.1) is 11.0 Å². The Bertz CT molecular complexity index is 1220. The highest BCUT2D eigenvalue weighted by Crippen LogP contribution is 2.32. The second-order valence-corrected chi connectivity index (χ2v) is 6.16. The molecule has 0 saturated carbocycles. The third-order valence-corrected chi connectivity index (χ3v) is 4.72. The van der Waals surface area contributed by atoms with Gasteiger partial charge in [0.25, 0.3) is 0 Å². The zero-order chi connectivity index (χ0) is 15.4. The van der Waals surface area contributed by atoms with Gasteiger partial charge in [-0.3, -0.25) is 0 Å². The van der Waals surface area contributed by atoms with E-state index in [4.69, 9.17) is 4.98 Å². The summed E-state index contributed by atoms with van der Waals surface area (Å²) in [4.78, 5) is 5.08. The van der Waals surface area contributed by atoms with E-state index >= 15 is 0 Å². The molecule has 0 unspecified atom stereocenters. The summed E-state index contributed by atoms with van der Waals surface area (Å²) in [7, 11) is 0. The monoisotopic (exact) mass is 293 g/mol. The molecule has 108 valence electrons. The number of aromatic nitrogens is 1. The average Bonchev–Trinajstić information content (AvgIpc) is 2.60. The molecule has 0 spiro atoms. The van der Waals surface area contributed by atoms with Crippen LogP contribution in [0.3, 0.4) is 0 Å². The van der Waals surface area contributed by atoms with Gasteiger partial charge >= 0.3 is 0 Å². The van der Waals surface area contributed by atoms with Gasteiger partial charge in [-0.25, -0.2) is 4.98 Å². The largest absolute Gasteiger partial charge is 0.246 e. The van der Waals surface area contributed by atoms with Crippen LogP contribution in [-0.4, -0.2) is 4.98 Å². The van der Waals surface area contributed by atoms with Gasteiger partial charge in [0.2, 0.25) is 0 Å². The molecular formula is C22H15N. The Morgan fingerprint density at radius 2 is 1.22 bits per heavy atom. The predicted molar refractivity (Wildman–Crippen MR) is 99.0 cm³/mol. The van der Waals surface area contributed by atoms with Gasteiger partial charge < -0.3 is 0 Å². The first kappa shape index (κ1) is 12.6. The van der Waals surface area contributed by atoms with Crippen LogP contribution < -0.4 is 0 Å². The van der Waals surface area contributed by atoms with E-state index < -0.39 is 0 Å². The summed E-state index contributed by atoms with van der Waals surface area (Å²) in [6.07, 6.45) is 0. The van der Waals surface area contributed by atoms with Crippen LogP contribution in [-0.2, 0) is 0 Å². The van der Waals surface area contributed by atoms with Crippen molar-refractivity contribution in [2.75, 3.05) is 0 Å². The molecule has 0 amide bonds. The lowest BCUT2D eigenvalue weighted by Gasteiger charge is -2.09. The van der Waals surface area contributed by atoms with E-state index in [1.165, 1.54) is 37.9 Å². The van der Waals surface area contributed by atoms with E-state index in [1.54, 1.807) is 0 Å². The van der Waals surface area contributed by atoms with Crippen molar-refractivity contribution in [3.05, 3.63) is 78.4 Å². The minimum Gasteiger partial charge on any atom is -0.246 e. The van der Waals surface area contributed by atoms with E-state index in [0.29, 0.717) is 0 Å². The van der Waals surface area contributed by atoms with Gasteiger partial charge in [0.1, 0.15) is 0 Å². The molecule has 0 aliphatic rings. The molecule has 1 aromatic heterocycles. The highest BCUT2D eigenvalue weighted by molar-refractivity contribution is 6.13. The van der Waals surface area contributed by atoms with Crippen LogP contribution in [0.4, 0.5) is 0 Å². The van der Waals surface area contributed by atoms with Crippen molar-refractivity contribution in [3.8, 4) is 0 Å². The van der Waals surface area contributed by atoms with Crippen LogP contribution in [0.2, 0.25) is 0 Å². The lowest BCUT2D eigenvalue weighted by Crippen LogP contribution is -1.88. The topological polar surface area (TPSA) is 12.9 Å². The van der Waals surface area contributed by atoms with Gasteiger partial charge in [-0.1, -0.05) is 60.7 Å². The van der Waals surface area contributed by atoms with Crippen molar-refractivity contribution < 1.29 is 0 Å². The molecule has 1 nitrogen and oxygen atoms in total. The standard InChI is InChI=1S/C22H15N/c1-14-12-17-13-16-11-10-15-6-2-3-8-19(15)21(16)23-22(17)20-9-5-4-7-18(14)20/h2-13H,1H3. The molecule has 0 fully saturated rings. The van der Waals surface area contributed by atoms with Crippen LogP contribution in [0.5, 0.6) is 0 Å². The van der Waals surface area contributed by atoms with Crippen LogP contribution in [0.25, 0.3) is 43.4 Å². The number of hydrogen-bond acceptors (Lipinski definition) is 1. The lowest BCUT2D eigenvalue weighted by atomic mass is 9.99. The molecule has 0 aliphatic heterocycles. The fraction of sp³-hybridized carbons (Fsp3) is 0.0455. The summed E-state index contributed by atoms with van der Waals surface area (Å²) < 4.78 is 0. The third-order valence-electron chi connectivity index (χ3n) is 4.72. The molecule has 4 aromatic carbocycles. The van der Waals surface area contributed by atoms with Crippen molar-refractivity contribution in [3.63, 3.8) is 0 Å². The molecule has 1 heteroatoms. The predicted octanol–water partition coefficient (Wildman–Crippen LogP) is 6.00. The minimum absolute atomic E-state index is 1.09. The molecule has 23 heavy (non-hydrogen) atoms. The van der Waals surface area contributed by atoms with Crippen molar-refractivity contribution in [2.45, 2.75) is 6.92 Å². The Kier molecular flexibility index (Phi) is 2.48. The Morgan fingerprint density at radius 3 is 2.09 bits per heavy atom. The van der Waals surface area contributed by atoms with Gasteiger partial charge in [-0.2, -0.15) is 0 Å². The summed E-state index contributed by atoms with van der Waals surface area (Å²) in [5.74, 6) is 0. The molecular weight excluding hydrogens is 278 g/mol. The lowest BCUT2D eigenvalue weighted by molar-refractivity contribution is 1.50. The molecule has 0 aliphatic carbocycles. The molecule has 0 saturated heterocycles. The second-order valence-electron chi connectivity index (χ2n) is 6.16. The molecule has 5 aromatic rings. The van der Waals surface area contributed by atoms with Crippen molar-refractivity contribution in [2.24, 2.45) is 0 Å². The minimum atomic E-state index is 1.09. The molecule has 0 atom stereocenters. The Balaban J connectivity index is 2.06. The van der Waals surface area contributed by atoms with E-state index in [-0.39, 0.29) is 0 Å². The van der Waals surface area contributed by atoms with Gasteiger partial charge in [0.15, 0.2) is 0 Å². The van der Waals surface area contributed by atoms with E-state index in [9.17, 15) is 0 Å². The summed E-state index contributed by atoms with van der Waals surface area (Å²) >= 11 is 0. The first-order chi connectivity index (χ1) is 11.3. The zero-order valence-corrected chi connectivity index (χ0v) is 12.9. The van der Waals surface area contributed by atoms with E-state index in [0.717, 1.165) is 11.0 Å². The quantitative estimate of drug-likeness (QED) is 0.252. The fourth-order valence-corrected chi connectivity index (χ4v) is 3.60. The molecule has 0 N–H and O–H groups in total. The summed E-state index contributed by atoms with van der Waals surface area (Å²) in [5.41, 5.74) is 3.48. The summed E-state index contributed by atoms with van der Waals surface area (Å²) in [6, 6.07) is 25.9. The van der Waals surface area contributed by atoms with Crippen molar-refractivity contribution in [1.29, 1.82) is 0 Å². The first-order valence-electron chi connectivity index (χ1n) is 7.92. The first-order valence-corrected chi connectivity index (χ1v) is 7.92. The Labute approximate surface area is 134 Å². The fourth-order valence-electron chi connectivity index (χ4n) is 3.60. The Hall–Kier alpha value is -2.93. The van der Waals surface area contributed by atoms with Crippen LogP contribution >= 0.6 is 0 Å². The smallest absolute Gasteiger partial charge is 0.0788 e. The van der Waals surface area contributed by atoms with Gasteiger partial charge in [-0.15, -0.1) is 0 Å². The maximum atomic E-state index is 5.08. The van der Waals surface area contributed by atoms with Crippen LogP contribution in [0.1, 0.15) is 5.56 Å². The number of hydrogen-bond donors (Lipinski definition) is 0. The van der Waals surface area contributed by atoms with Crippen molar-refractivity contribution >= 4 is 43.4 Å². The molecule has 0 bridgehead atoms. The highest BCUT2D eigenvalue weighted by Gasteiger charge is 2.08. The number of fused-ring (bicyclic) bond motifs is 6. The maximum absolute atomic E-state index is 5.08. The number of rotatable bonds is 0. The molecule has 5 rings (SSSR count). The summed E-state index contributed by atoms with van der Waals surface area (Å²) in [6.45, 7) is 2.17. The van der Waals surface area contributed by atoms with Gasteiger partial charge in [0, 0.05) is 21.5 Å². The molecule has 1 heterocycles. The highest BCUT2D eigenvalue weighted by atomic mass is 14.7. The van der Waals surface area contributed by atoms with Crippen LogP contribution in [0.15, 0.2) is 72.8 Å². The van der Waals surface area contributed by atoms with E-state index in [2.05, 4.69) is 79.7 Å². The van der Waals surface area contributed by atoms with Crippen LogP contribution in [0, 0.1) is 6.92 Å². The maximum Gasteiger partial charge on any atom is 0.0788 e. The number of pyridine rings is 1. The normalized spacial score (nSPS) is 11.7. The number of nitrogens with zero attached hydrogens (tertiary/aromatic N) is 1. The number of benzene rings is 4. The summed E-state index contributed by atoms with van der Waals surface area (Å²) in [5, 5.41) is 7.39. The number of aryl methyl sites for hydroxylation is 1. The SMILES string of the molecule is Cc1cc2cc3ccc4ccccc4c3nc2c2ccccc12. The van der Waals surface area contributed by atoms with E-state index in [1.807, 2.05) is 0 Å². The van der Waals surface area contributed by atoms with Gasteiger partial charge in [-0.05, 0) is 35.4 Å². The zero-order valence-electron chi connectivity index (χ0n) is 12.9. The Morgan fingerprint density at radius 1 is 0.565 bits per heavy atom. The second kappa shape index (κ2) is 4.53. The molecule has 0 radical (unpaired) electrons.